The first-order valence-electron chi connectivity index (χ1n) is 8.77. The highest BCUT2D eigenvalue weighted by atomic mass is 35.5. The van der Waals surface area contributed by atoms with Gasteiger partial charge in [0.1, 0.15) is 10.7 Å². The van der Waals surface area contributed by atoms with Crippen LogP contribution in [-0.2, 0) is 9.84 Å². The SMILES string of the molecule is N#Cc1ccc2ncc(S(=O)(=O)c3ccc(F)c(Cl)c3)c(N3CCSCC3)c2c1. The van der Waals surface area contributed by atoms with E-state index in [1.54, 1.807) is 30.0 Å². The summed E-state index contributed by atoms with van der Waals surface area (Å²) in [6.45, 7) is 1.35. The summed E-state index contributed by atoms with van der Waals surface area (Å²) >= 11 is 7.63. The minimum absolute atomic E-state index is 0.0228. The standard InChI is InChI=1S/C20H15ClFN3O2S2/c21-16-10-14(2-3-17(16)22)29(26,27)19-12-24-18-4-1-13(11-23)9-15(18)20(19)25-5-7-28-8-6-25/h1-4,9-10,12H,5-8H2. The first kappa shape index (κ1) is 20.0. The largest absolute Gasteiger partial charge is 0.368 e. The Hall–Kier alpha value is -2.34. The van der Waals surface area contributed by atoms with Crippen molar-refractivity contribution in [3.63, 3.8) is 0 Å². The highest BCUT2D eigenvalue weighted by molar-refractivity contribution is 7.99. The molecule has 0 amide bonds. The predicted octanol–water partition coefficient (Wildman–Crippen LogP) is 4.28. The lowest BCUT2D eigenvalue weighted by Gasteiger charge is -2.31. The first-order chi connectivity index (χ1) is 13.9. The van der Waals surface area contributed by atoms with Crippen molar-refractivity contribution in [1.82, 2.24) is 4.98 Å². The highest BCUT2D eigenvalue weighted by Gasteiger charge is 2.28. The van der Waals surface area contributed by atoms with Crippen LogP contribution in [0.15, 0.2) is 52.4 Å². The minimum atomic E-state index is -4.01. The maximum Gasteiger partial charge on any atom is 0.210 e. The van der Waals surface area contributed by atoms with Crippen molar-refractivity contribution >= 4 is 49.8 Å². The summed E-state index contributed by atoms with van der Waals surface area (Å²) in [7, 11) is -4.01. The quantitative estimate of drug-likeness (QED) is 0.558. The molecule has 0 saturated carbocycles. The first-order valence-corrected chi connectivity index (χ1v) is 11.8. The predicted molar refractivity (Wildman–Crippen MR) is 113 cm³/mol. The number of pyridine rings is 1. The number of sulfone groups is 1. The Morgan fingerprint density at radius 3 is 2.62 bits per heavy atom. The number of nitrogens with zero attached hydrogens (tertiary/aromatic N) is 3. The van der Waals surface area contributed by atoms with Gasteiger partial charge in [-0.15, -0.1) is 0 Å². The smallest absolute Gasteiger partial charge is 0.210 e. The molecule has 0 atom stereocenters. The zero-order valence-corrected chi connectivity index (χ0v) is 17.5. The summed E-state index contributed by atoms with van der Waals surface area (Å²) in [4.78, 5) is 6.25. The summed E-state index contributed by atoms with van der Waals surface area (Å²) in [5.41, 5.74) is 1.55. The van der Waals surface area contributed by atoms with Crippen molar-refractivity contribution in [3.05, 3.63) is 59.0 Å². The molecule has 2 heterocycles. The maximum absolute atomic E-state index is 13.6. The third-order valence-corrected chi connectivity index (χ3v) is 7.74. The van der Waals surface area contributed by atoms with Crippen LogP contribution >= 0.6 is 23.4 Å². The van der Waals surface area contributed by atoms with E-state index in [1.807, 2.05) is 4.90 Å². The van der Waals surface area contributed by atoms with Crippen LogP contribution in [0.5, 0.6) is 0 Å². The Kier molecular flexibility index (Phi) is 5.38. The minimum Gasteiger partial charge on any atom is -0.368 e. The number of halogens is 2. The molecule has 2 aromatic carbocycles. The van der Waals surface area contributed by atoms with Crippen molar-refractivity contribution < 1.29 is 12.8 Å². The van der Waals surface area contributed by atoms with Gasteiger partial charge in [0.05, 0.1) is 32.8 Å². The van der Waals surface area contributed by atoms with E-state index >= 15 is 0 Å². The number of benzene rings is 2. The lowest BCUT2D eigenvalue weighted by molar-refractivity contribution is 0.594. The second-order valence-corrected chi connectivity index (χ2v) is 10.0. The molecule has 1 saturated heterocycles. The molecule has 0 spiro atoms. The van der Waals surface area contributed by atoms with Gasteiger partial charge in [0.25, 0.3) is 0 Å². The van der Waals surface area contributed by atoms with E-state index in [4.69, 9.17) is 11.6 Å². The summed E-state index contributed by atoms with van der Waals surface area (Å²) in [5.74, 6) is 1.04. The molecule has 9 heteroatoms. The average molecular weight is 448 g/mol. The summed E-state index contributed by atoms with van der Waals surface area (Å²) in [6.07, 6.45) is 1.33. The Morgan fingerprint density at radius 2 is 1.93 bits per heavy atom. The number of anilines is 1. The molecule has 0 radical (unpaired) electrons. The molecule has 1 aliphatic heterocycles. The van der Waals surface area contributed by atoms with Crippen LogP contribution in [0, 0.1) is 17.1 Å². The number of aromatic nitrogens is 1. The average Bonchev–Trinajstić information content (AvgIpc) is 2.74. The normalized spacial score (nSPS) is 14.7. The molecule has 1 aliphatic rings. The van der Waals surface area contributed by atoms with Gasteiger partial charge in [-0.2, -0.15) is 17.0 Å². The van der Waals surface area contributed by atoms with E-state index in [0.29, 0.717) is 35.2 Å². The molecular formula is C20H15ClFN3O2S2. The third-order valence-electron chi connectivity index (χ3n) is 4.75. The fourth-order valence-corrected chi connectivity index (χ4v) is 5.92. The number of thioether (sulfide) groups is 1. The molecule has 29 heavy (non-hydrogen) atoms. The van der Waals surface area contributed by atoms with Crippen molar-refractivity contribution in [2.45, 2.75) is 9.79 Å². The summed E-state index contributed by atoms with van der Waals surface area (Å²) in [6, 6.07) is 10.5. The topological polar surface area (TPSA) is 74.1 Å². The van der Waals surface area contributed by atoms with Gasteiger partial charge in [0, 0.05) is 36.2 Å². The van der Waals surface area contributed by atoms with Gasteiger partial charge in [-0.3, -0.25) is 4.98 Å². The van der Waals surface area contributed by atoms with Crippen LogP contribution in [0.2, 0.25) is 5.02 Å². The lowest BCUT2D eigenvalue weighted by atomic mass is 10.1. The van der Waals surface area contributed by atoms with Crippen molar-refractivity contribution in [2.24, 2.45) is 0 Å². The Bertz CT molecular complexity index is 1250. The van der Waals surface area contributed by atoms with Crippen LogP contribution in [0.1, 0.15) is 5.56 Å². The molecule has 148 valence electrons. The second kappa shape index (κ2) is 7.82. The molecule has 3 aromatic rings. The maximum atomic E-state index is 13.6. The molecule has 1 fully saturated rings. The van der Waals surface area contributed by atoms with E-state index in [2.05, 4.69) is 11.1 Å². The number of fused-ring (bicyclic) bond motifs is 1. The molecule has 0 N–H and O–H groups in total. The molecule has 5 nitrogen and oxygen atoms in total. The van der Waals surface area contributed by atoms with Gasteiger partial charge >= 0.3 is 0 Å². The van der Waals surface area contributed by atoms with E-state index in [1.165, 1.54) is 12.3 Å². The number of nitriles is 1. The van der Waals surface area contributed by atoms with Gasteiger partial charge in [-0.05, 0) is 36.4 Å². The van der Waals surface area contributed by atoms with E-state index < -0.39 is 15.7 Å². The summed E-state index contributed by atoms with van der Waals surface area (Å²) < 4.78 is 40.5. The van der Waals surface area contributed by atoms with Crippen molar-refractivity contribution in [3.8, 4) is 6.07 Å². The fourth-order valence-electron chi connectivity index (χ4n) is 3.31. The highest BCUT2D eigenvalue weighted by Crippen LogP contribution is 2.37. The van der Waals surface area contributed by atoms with E-state index in [0.717, 1.165) is 23.6 Å². The monoisotopic (exact) mass is 447 g/mol. The molecule has 0 bridgehead atoms. The molecular weight excluding hydrogens is 433 g/mol. The Balaban J connectivity index is 2.00. The van der Waals surface area contributed by atoms with Gasteiger partial charge in [0.15, 0.2) is 0 Å². The van der Waals surface area contributed by atoms with Gasteiger partial charge in [-0.25, -0.2) is 12.8 Å². The lowest BCUT2D eigenvalue weighted by Crippen LogP contribution is -2.33. The molecule has 0 aliphatic carbocycles. The summed E-state index contributed by atoms with van der Waals surface area (Å²) in [5, 5.41) is 9.65. The molecule has 0 unspecified atom stereocenters. The number of rotatable bonds is 3. The number of hydrogen-bond donors (Lipinski definition) is 0. The van der Waals surface area contributed by atoms with Crippen LogP contribution < -0.4 is 4.90 Å². The van der Waals surface area contributed by atoms with Gasteiger partial charge in [-0.1, -0.05) is 11.6 Å². The Morgan fingerprint density at radius 1 is 1.17 bits per heavy atom. The van der Waals surface area contributed by atoms with E-state index in [-0.39, 0.29) is 14.8 Å². The molecule has 1 aromatic heterocycles. The zero-order chi connectivity index (χ0) is 20.6. The molecule has 4 rings (SSSR count). The van der Waals surface area contributed by atoms with Gasteiger partial charge < -0.3 is 4.90 Å². The van der Waals surface area contributed by atoms with E-state index in [9.17, 15) is 18.1 Å². The van der Waals surface area contributed by atoms with Crippen LogP contribution in [0.3, 0.4) is 0 Å². The fraction of sp³-hybridized carbons (Fsp3) is 0.200. The van der Waals surface area contributed by atoms with Crippen LogP contribution in [0.25, 0.3) is 10.9 Å². The third kappa shape index (κ3) is 3.66. The number of hydrogen-bond acceptors (Lipinski definition) is 6. The van der Waals surface area contributed by atoms with Crippen LogP contribution in [-0.4, -0.2) is 38.0 Å². The van der Waals surface area contributed by atoms with Crippen molar-refractivity contribution in [2.75, 3.05) is 29.5 Å². The van der Waals surface area contributed by atoms with Crippen LogP contribution in [0.4, 0.5) is 10.1 Å². The van der Waals surface area contributed by atoms with Gasteiger partial charge in [0.2, 0.25) is 9.84 Å². The zero-order valence-electron chi connectivity index (χ0n) is 15.1. The Labute approximate surface area is 177 Å². The second-order valence-electron chi connectivity index (χ2n) is 6.49. The van der Waals surface area contributed by atoms with Crippen molar-refractivity contribution in [1.29, 1.82) is 5.26 Å².